The number of aliphatic carboxylic acids is 1. The van der Waals surface area contributed by atoms with E-state index in [-0.39, 0.29) is 0 Å². The second-order valence-electron chi connectivity index (χ2n) is 9.66. The second kappa shape index (κ2) is 16.2. The molecular weight excluding hydrogens is 420 g/mol. The number of carboxylic acids is 1. The van der Waals surface area contributed by atoms with Gasteiger partial charge in [0.05, 0.1) is 0 Å². The lowest BCUT2D eigenvalue weighted by Crippen LogP contribution is -2.05. The van der Waals surface area contributed by atoms with Gasteiger partial charge in [0.15, 0.2) is 5.82 Å². The molecule has 0 saturated carbocycles. The highest BCUT2D eigenvalue weighted by Crippen LogP contribution is 2.21. The van der Waals surface area contributed by atoms with Gasteiger partial charge in [-0.05, 0) is 42.4 Å². The third-order valence-corrected chi connectivity index (χ3v) is 6.57. The van der Waals surface area contributed by atoms with Crippen molar-refractivity contribution in [1.82, 2.24) is 9.97 Å². The zero-order valence-corrected chi connectivity index (χ0v) is 21.6. The first kappa shape index (κ1) is 27.8. The number of rotatable bonds is 17. The van der Waals surface area contributed by atoms with Gasteiger partial charge in [-0.2, -0.15) is 0 Å². The van der Waals surface area contributed by atoms with Crippen LogP contribution in [-0.4, -0.2) is 21.0 Å². The number of aromatic nitrogens is 2. The fourth-order valence-electron chi connectivity index (χ4n) is 4.11. The first-order valence-electron chi connectivity index (χ1n) is 13.4. The Bertz CT molecular complexity index is 856. The number of nitrogens with zero attached hydrogens (tertiary/aromatic N) is 2. The first-order valence-corrected chi connectivity index (χ1v) is 13.4. The largest absolute Gasteiger partial charge is 0.478 e. The van der Waals surface area contributed by atoms with E-state index in [1.54, 1.807) is 6.08 Å². The standard InChI is InChI=1S/C30H44N2O2/c1-4-6-7-8-9-10-11-12-13-14-15-26-22-31-29(32-23-26)27-18-16-25(17-19-27)21-28(30(33)34)20-24(3)5-2/h16-19,21-24H,4-15,20H2,1-3H3,(H,33,34)/t24-/m1/s1. The van der Waals surface area contributed by atoms with E-state index in [4.69, 9.17) is 0 Å². The van der Waals surface area contributed by atoms with E-state index >= 15 is 0 Å². The monoisotopic (exact) mass is 464 g/mol. The second-order valence-corrected chi connectivity index (χ2v) is 9.66. The molecule has 4 nitrogen and oxygen atoms in total. The lowest BCUT2D eigenvalue weighted by molar-refractivity contribution is -0.132. The van der Waals surface area contributed by atoms with Crippen molar-refractivity contribution < 1.29 is 9.90 Å². The van der Waals surface area contributed by atoms with Crippen LogP contribution in [0.5, 0.6) is 0 Å². The molecule has 4 heteroatoms. The molecule has 186 valence electrons. The molecule has 1 aromatic heterocycles. The van der Waals surface area contributed by atoms with Crippen molar-refractivity contribution in [3.63, 3.8) is 0 Å². The van der Waals surface area contributed by atoms with Crippen LogP contribution < -0.4 is 0 Å². The minimum Gasteiger partial charge on any atom is -0.478 e. The normalized spacial score (nSPS) is 12.6. The van der Waals surface area contributed by atoms with Crippen molar-refractivity contribution in [3.8, 4) is 11.4 Å². The molecule has 1 heterocycles. The maximum atomic E-state index is 11.6. The lowest BCUT2D eigenvalue weighted by atomic mass is 9.97. The average Bonchev–Trinajstić information content (AvgIpc) is 2.85. The van der Waals surface area contributed by atoms with Crippen molar-refractivity contribution >= 4 is 12.0 Å². The minimum atomic E-state index is -0.842. The minimum absolute atomic E-state index is 0.355. The van der Waals surface area contributed by atoms with E-state index in [2.05, 4.69) is 30.7 Å². The average molecular weight is 465 g/mol. The molecule has 34 heavy (non-hydrogen) atoms. The van der Waals surface area contributed by atoms with Crippen LogP contribution in [0.1, 0.15) is 109 Å². The molecule has 0 unspecified atom stereocenters. The van der Waals surface area contributed by atoms with Crippen LogP contribution in [0.4, 0.5) is 0 Å². The zero-order valence-electron chi connectivity index (χ0n) is 21.6. The summed E-state index contributed by atoms with van der Waals surface area (Å²) in [5.74, 6) is 0.222. The Morgan fingerprint density at radius 1 is 0.882 bits per heavy atom. The molecule has 1 atom stereocenters. The molecule has 0 saturated heterocycles. The number of hydrogen-bond acceptors (Lipinski definition) is 3. The molecular formula is C30H44N2O2. The maximum absolute atomic E-state index is 11.6. The zero-order chi connectivity index (χ0) is 24.6. The predicted octanol–water partition coefficient (Wildman–Crippen LogP) is 8.51. The number of aryl methyl sites for hydroxylation is 1. The summed E-state index contributed by atoms with van der Waals surface area (Å²) in [5, 5.41) is 9.50. The summed E-state index contributed by atoms with van der Waals surface area (Å²) in [6.45, 7) is 6.43. The summed E-state index contributed by atoms with van der Waals surface area (Å²) in [6.07, 6.45) is 21.7. The fourth-order valence-corrected chi connectivity index (χ4v) is 4.11. The summed E-state index contributed by atoms with van der Waals surface area (Å²) >= 11 is 0. The number of benzene rings is 1. The van der Waals surface area contributed by atoms with Gasteiger partial charge in [-0.15, -0.1) is 0 Å². The van der Waals surface area contributed by atoms with Gasteiger partial charge in [0.25, 0.3) is 0 Å². The van der Waals surface area contributed by atoms with Gasteiger partial charge < -0.3 is 5.11 Å². The van der Waals surface area contributed by atoms with Crippen LogP contribution in [0.25, 0.3) is 17.5 Å². The molecule has 2 rings (SSSR count). The Balaban J connectivity index is 1.78. The van der Waals surface area contributed by atoms with E-state index < -0.39 is 5.97 Å². The summed E-state index contributed by atoms with van der Waals surface area (Å²) in [4.78, 5) is 20.7. The van der Waals surface area contributed by atoms with Crippen molar-refractivity contribution in [3.05, 3.63) is 53.4 Å². The number of carbonyl (C=O) groups is 1. The van der Waals surface area contributed by atoms with Gasteiger partial charge in [-0.1, -0.05) is 109 Å². The topological polar surface area (TPSA) is 63.1 Å². The van der Waals surface area contributed by atoms with E-state index in [9.17, 15) is 9.90 Å². The van der Waals surface area contributed by atoms with Crippen molar-refractivity contribution in [2.24, 2.45) is 5.92 Å². The molecule has 0 aliphatic rings. The Hall–Kier alpha value is -2.49. The van der Waals surface area contributed by atoms with E-state index in [0.717, 1.165) is 24.0 Å². The molecule has 0 amide bonds. The predicted molar refractivity (Wildman–Crippen MR) is 143 cm³/mol. The molecule has 0 bridgehead atoms. The third-order valence-electron chi connectivity index (χ3n) is 6.57. The highest BCUT2D eigenvalue weighted by molar-refractivity contribution is 5.92. The van der Waals surface area contributed by atoms with Gasteiger partial charge in [-0.25, -0.2) is 14.8 Å². The van der Waals surface area contributed by atoms with Gasteiger partial charge in [-0.3, -0.25) is 0 Å². The Labute approximate surface area is 206 Å². The van der Waals surface area contributed by atoms with Gasteiger partial charge in [0.1, 0.15) is 0 Å². The molecule has 1 aromatic carbocycles. The van der Waals surface area contributed by atoms with Crippen LogP contribution >= 0.6 is 0 Å². The summed E-state index contributed by atoms with van der Waals surface area (Å²) < 4.78 is 0. The van der Waals surface area contributed by atoms with Crippen molar-refractivity contribution in [2.45, 2.75) is 104 Å². The van der Waals surface area contributed by atoms with E-state index in [0.29, 0.717) is 23.7 Å². The Morgan fingerprint density at radius 2 is 1.44 bits per heavy atom. The number of carboxylic acid groups (broad SMARTS) is 1. The third kappa shape index (κ3) is 10.6. The number of unbranched alkanes of at least 4 members (excludes halogenated alkanes) is 9. The van der Waals surface area contributed by atoms with Crippen molar-refractivity contribution in [1.29, 1.82) is 0 Å². The van der Waals surface area contributed by atoms with Gasteiger partial charge in [0, 0.05) is 23.5 Å². The molecule has 1 N–H and O–H groups in total. The maximum Gasteiger partial charge on any atom is 0.331 e. The molecule has 0 fully saturated rings. The molecule has 2 aromatic rings. The van der Waals surface area contributed by atoms with Crippen LogP contribution in [0.15, 0.2) is 42.2 Å². The molecule has 0 spiro atoms. The molecule has 0 radical (unpaired) electrons. The fraction of sp³-hybridized carbons (Fsp3) is 0.567. The van der Waals surface area contributed by atoms with Crippen LogP contribution in [-0.2, 0) is 11.2 Å². The Kier molecular flexibility index (Phi) is 13.2. The lowest BCUT2D eigenvalue weighted by Gasteiger charge is -2.09. The number of hydrogen-bond donors (Lipinski definition) is 1. The van der Waals surface area contributed by atoms with Gasteiger partial charge >= 0.3 is 5.97 Å². The smallest absolute Gasteiger partial charge is 0.331 e. The van der Waals surface area contributed by atoms with E-state index in [1.807, 2.05) is 36.7 Å². The SMILES string of the molecule is CCCCCCCCCCCCc1cnc(-c2ccc(C=C(C[C@H](C)CC)C(=O)O)cc2)nc1. The summed E-state index contributed by atoms with van der Waals surface area (Å²) in [5.41, 5.74) is 3.48. The quantitative estimate of drug-likeness (QED) is 0.188. The first-order chi connectivity index (χ1) is 16.5. The van der Waals surface area contributed by atoms with E-state index in [1.165, 1.54) is 69.8 Å². The van der Waals surface area contributed by atoms with Crippen molar-refractivity contribution in [2.75, 3.05) is 0 Å². The van der Waals surface area contributed by atoms with Crippen LogP contribution in [0, 0.1) is 5.92 Å². The van der Waals surface area contributed by atoms with Gasteiger partial charge in [0.2, 0.25) is 0 Å². The van der Waals surface area contributed by atoms with Crippen LogP contribution in [0.3, 0.4) is 0 Å². The summed E-state index contributed by atoms with van der Waals surface area (Å²) in [6, 6.07) is 7.81. The highest BCUT2D eigenvalue weighted by atomic mass is 16.4. The summed E-state index contributed by atoms with van der Waals surface area (Å²) in [7, 11) is 0. The van der Waals surface area contributed by atoms with Crippen LogP contribution in [0.2, 0.25) is 0 Å². The molecule has 0 aliphatic heterocycles. The Morgan fingerprint density at radius 3 is 1.97 bits per heavy atom. The molecule has 0 aliphatic carbocycles. The highest BCUT2D eigenvalue weighted by Gasteiger charge is 2.11.